The van der Waals surface area contributed by atoms with Crippen molar-refractivity contribution in [1.82, 2.24) is 40.3 Å². The average Bonchev–Trinajstić information content (AvgIpc) is 3.36. The molecule has 0 unspecified atom stereocenters. The molecule has 152 valence electrons. The first-order valence-corrected chi connectivity index (χ1v) is 9.70. The summed E-state index contributed by atoms with van der Waals surface area (Å²) in [5, 5.41) is 17.4. The van der Waals surface area contributed by atoms with E-state index in [4.69, 9.17) is 0 Å². The van der Waals surface area contributed by atoms with Crippen molar-refractivity contribution >= 4 is 17.5 Å². The molecule has 29 heavy (non-hydrogen) atoms. The monoisotopic (exact) mass is 396 g/mol. The average molecular weight is 396 g/mol. The number of piperidine rings is 1. The molecule has 4 rings (SSSR count). The Labute approximate surface area is 167 Å². The maximum Gasteiger partial charge on any atom is 0.269 e. The zero-order valence-electron chi connectivity index (χ0n) is 16.3. The van der Waals surface area contributed by atoms with Gasteiger partial charge in [-0.25, -0.2) is 9.50 Å². The van der Waals surface area contributed by atoms with E-state index in [1.165, 1.54) is 4.68 Å². The van der Waals surface area contributed by atoms with Crippen LogP contribution in [0.15, 0.2) is 30.7 Å². The Kier molecular flexibility index (Phi) is 5.52. The van der Waals surface area contributed by atoms with Crippen LogP contribution in [0.3, 0.4) is 0 Å². The van der Waals surface area contributed by atoms with Gasteiger partial charge in [0.15, 0.2) is 5.65 Å². The highest BCUT2D eigenvalue weighted by molar-refractivity contribution is 5.92. The van der Waals surface area contributed by atoms with E-state index in [-0.39, 0.29) is 24.4 Å². The lowest BCUT2D eigenvalue weighted by Gasteiger charge is -2.22. The van der Waals surface area contributed by atoms with Crippen molar-refractivity contribution in [2.75, 3.05) is 6.54 Å². The van der Waals surface area contributed by atoms with Crippen LogP contribution < -0.4 is 16.0 Å². The minimum absolute atomic E-state index is 0.0199. The summed E-state index contributed by atoms with van der Waals surface area (Å²) < 4.78 is 3.17. The maximum atomic E-state index is 12.2. The molecular formula is C19H24N8O2. The van der Waals surface area contributed by atoms with E-state index >= 15 is 0 Å². The molecule has 0 saturated carbocycles. The second-order valence-corrected chi connectivity index (χ2v) is 7.14. The molecule has 1 aliphatic rings. The topological polar surface area (TPSA) is 118 Å². The van der Waals surface area contributed by atoms with Crippen molar-refractivity contribution in [2.24, 2.45) is 7.05 Å². The summed E-state index contributed by atoms with van der Waals surface area (Å²) in [4.78, 5) is 28.9. The van der Waals surface area contributed by atoms with Crippen LogP contribution >= 0.6 is 0 Å². The number of carbonyl (C=O) groups excluding carboxylic acids is 2. The fourth-order valence-electron chi connectivity index (χ4n) is 3.39. The molecule has 10 heteroatoms. The van der Waals surface area contributed by atoms with Gasteiger partial charge < -0.3 is 16.0 Å². The van der Waals surface area contributed by atoms with E-state index in [9.17, 15) is 9.59 Å². The molecular weight excluding hydrogens is 372 g/mol. The maximum absolute atomic E-state index is 12.2. The number of rotatable bonds is 6. The number of hydrogen-bond acceptors (Lipinski definition) is 6. The Hall–Kier alpha value is -3.27. The Morgan fingerprint density at radius 3 is 2.90 bits per heavy atom. The molecule has 0 spiro atoms. The molecule has 0 radical (unpaired) electrons. The lowest BCUT2D eigenvalue weighted by molar-refractivity contribution is -0.123. The van der Waals surface area contributed by atoms with Crippen LogP contribution in [0.25, 0.3) is 5.65 Å². The molecule has 3 N–H and O–H groups in total. The van der Waals surface area contributed by atoms with Crippen molar-refractivity contribution in [3.05, 3.63) is 47.7 Å². The molecule has 0 bridgehead atoms. The van der Waals surface area contributed by atoms with Gasteiger partial charge in [0.25, 0.3) is 5.91 Å². The van der Waals surface area contributed by atoms with Crippen LogP contribution in [0.2, 0.25) is 0 Å². The van der Waals surface area contributed by atoms with Gasteiger partial charge in [0.05, 0.1) is 30.7 Å². The van der Waals surface area contributed by atoms with Crippen molar-refractivity contribution in [2.45, 2.75) is 38.4 Å². The predicted molar refractivity (Wildman–Crippen MR) is 105 cm³/mol. The zero-order valence-corrected chi connectivity index (χ0v) is 16.3. The second-order valence-electron chi connectivity index (χ2n) is 7.14. The van der Waals surface area contributed by atoms with E-state index in [2.05, 4.69) is 31.1 Å². The van der Waals surface area contributed by atoms with Gasteiger partial charge in [-0.1, -0.05) is 6.42 Å². The SMILES string of the molecule is Cn1nccc1C(=O)NCc1cn2ncc(CNC(=O)[C@H]3CCCCN3)cc2n1. The first kappa shape index (κ1) is 19.1. The molecule has 2 amide bonds. The minimum Gasteiger partial charge on any atom is -0.351 e. The van der Waals surface area contributed by atoms with Crippen molar-refractivity contribution in [1.29, 1.82) is 0 Å². The zero-order chi connectivity index (χ0) is 20.2. The Bertz CT molecular complexity index is 1020. The lowest BCUT2D eigenvalue weighted by atomic mass is 10.0. The van der Waals surface area contributed by atoms with E-state index in [0.717, 1.165) is 31.4 Å². The summed E-state index contributed by atoms with van der Waals surface area (Å²) in [7, 11) is 1.72. The van der Waals surface area contributed by atoms with Gasteiger partial charge in [0.2, 0.25) is 5.91 Å². The van der Waals surface area contributed by atoms with E-state index < -0.39 is 0 Å². The Morgan fingerprint density at radius 1 is 1.24 bits per heavy atom. The van der Waals surface area contributed by atoms with Gasteiger partial charge in [-0.3, -0.25) is 14.3 Å². The normalized spacial score (nSPS) is 16.7. The number of fused-ring (bicyclic) bond motifs is 1. The van der Waals surface area contributed by atoms with Crippen LogP contribution in [0.5, 0.6) is 0 Å². The smallest absolute Gasteiger partial charge is 0.269 e. The molecule has 0 aliphatic carbocycles. The highest BCUT2D eigenvalue weighted by Crippen LogP contribution is 2.09. The van der Waals surface area contributed by atoms with Gasteiger partial charge in [-0.15, -0.1) is 0 Å². The highest BCUT2D eigenvalue weighted by atomic mass is 16.2. The Balaban J connectivity index is 1.35. The summed E-state index contributed by atoms with van der Waals surface area (Å²) in [6.07, 6.45) is 8.13. The first-order valence-electron chi connectivity index (χ1n) is 9.70. The molecule has 3 aromatic heterocycles. The van der Waals surface area contributed by atoms with Crippen LogP contribution in [-0.4, -0.2) is 48.8 Å². The first-order chi connectivity index (χ1) is 14.1. The van der Waals surface area contributed by atoms with Gasteiger partial charge in [-0.2, -0.15) is 10.2 Å². The molecule has 10 nitrogen and oxygen atoms in total. The molecule has 4 heterocycles. The van der Waals surface area contributed by atoms with Crippen LogP contribution in [-0.2, 0) is 24.9 Å². The number of aryl methyl sites for hydroxylation is 1. The number of aromatic nitrogens is 5. The fourth-order valence-corrected chi connectivity index (χ4v) is 3.39. The predicted octanol–water partition coefficient (Wildman–Crippen LogP) is 0.151. The Morgan fingerprint density at radius 2 is 2.14 bits per heavy atom. The minimum atomic E-state index is -0.213. The summed E-state index contributed by atoms with van der Waals surface area (Å²) in [6, 6.07) is 3.43. The van der Waals surface area contributed by atoms with Gasteiger partial charge in [-0.05, 0) is 37.1 Å². The number of imidazole rings is 1. The third-order valence-corrected chi connectivity index (χ3v) is 5.00. The van der Waals surface area contributed by atoms with E-state index in [1.54, 1.807) is 36.2 Å². The second kappa shape index (κ2) is 8.39. The van der Waals surface area contributed by atoms with Gasteiger partial charge >= 0.3 is 0 Å². The number of carbonyl (C=O) groups is 2. The van der Waals surface area contributed by atoms with Crippen LogP contribution in [0.1, 0.15) is 41.0 Å². The summed E-state index contributed by atoms with van der Waals surface area (Å²) >= 11 is 0. The van der Waals surface area contributed by atoms with Crippen molar-refractivity contribution < 1.29 is 9.59 Å². The van der Waals surface area contributed by atoms with Crippen LogP contribution in [0.4, 0.5) is 0 Å². The number of nitrogens with zero attached hydrogens (tertiary/aromatic N) is 5. The molecule has 1 aliphatic heterocycles. The highest BCUT2D eigenvalue weighted by Gasteiger charge is 2.20. The fraction of sp³-hybridized carbons (Fsp3) is 0.421. The van der Waals surface area contributed by atoms with Crippen LogP contribution in [0, 0.1) is 0 Å². The summed E-state index contributed by atoms with van der Waals surface area (Å²) in [5.41, 5.74) is 2.72. The van der Waals surface area contributed by atoms with Gasteiger partial charge in [0, 0.05) is 19.8 Å². The van der Waals surface area contributed by atoms with E-state index in [0.29, 0.717) is 23.6 Å². The standard InChI is InChI=1S/C19H24N8O2/c1-26-16(5-7-23-26)19(29)22-11-14-12-27-17(25-14)8-13(10-24-27)9-21-18(28)15-4-2-3-6-20-15/h5,7-8,10,12,15,20H,2-4,6,9,11H2,1H3,(H,21,28)(H,22,29)/t15-/m1/s1. The number of nitrogens with one attached hydrogen (secondary N) is 3. The molecule has 3 aromatic rings. The molecule has 0 aromatic carbocycles. The number of amides is 2. The summed E-state index contributed by atoms with van der Waals surface area (Å²) in [6.45, 7) is 1.58. The third-order valence-electron chi connectivity index (χ3n) is 5.00. The molecule has 1 atom stereocenters. The largest absolute Gasteiger partial charge is 0.351 e. The van der Waals surface area contributed by atoms with Crippen molar-refractivity contribution in [3.8, 4) is 0 Å². The molecule has 1 saturated heterocycles. The molecule has 1 fully saturated rings. The quantitative estimate of drug-likeness (QED) is 0.546. The lowest BCUT2D eigenvalue weighted by Crippen LogP contribution is -2.46. The van der Waals surface area contributed by atoms with Gasteiger partial charge in [0.1, 0.15) is 5.69 Å². The van der Waals surface area contributed by atoms with E-state index in [1.807, 2.05) is 6.07 Å². The third kappa shape index (κ3) is 4.43. The van der Waals surface area contributed by atoms with Crippen molar-refractivity contribution in [3.63, 3.8) is 0 Å². The summed E-state index contributed by atoms with van der Waals surface area (Å²) in [5.74, 6) is -0.193. The number of hydrogen-bond donors (Lipinski definition) is 3.